The predicted octanol–water partition coefficient (Wildman–Crippen LogP) is 4.09. The molecule has 0 bridgehead atoms. The monoisotopic (exact) mass is 442 g/mol. The van der Waals surface area contributed by atoms with Crippen LogP contribution >= 0.6 is 0 Å². The van der Waals surface area contributed by atoms with Crippen LogP contribution in [0.15, 0.2) is 60.8 Å². The quantitative estimate of drug-likeness (QED) is 0.624. The Morgan fingerprint density at radius 2 is 1.79 bits per heavy atom. The number of amides is 2. The number of carbonyl (C=O) groups is 2. The van der Waals surface area contributed by atoms with Crippen molar-refractivity contribution in [1.29, 1.82) is 0 Å². The Bertz CT molecular complexity index is 1120. The molecule has 0 atom stereocenters. The van der Waals surface area contributed by atoms with Crippen LogP contribution in [0.1, 0.15) is 62.1 Å². The number of rotatable bonds is 6. The maximum Gasteiger partial charge on any atom is 0.254 e. The van der Waals surface area contributed by atoms with Gasteiger partial charge in [0.1, 0.15) is 5.82 Å². The van der Waals surface area contributed by atoms with E-state index in [9.17, 15) is 9.59 Å². The number of aryl methyl sites for hydroxylation is 2. The highest BCUT2D eigenvalue weighted by Crippen LogP contribution is 2.29. The summed E-state index contributed by atoms with van der Waals surface area (Å²) >= 11 is 0. The van der Waals surface area contributed by atoms with Gasteiger partial charge in [-0.2, -0.15) is 0 Å². The van der Waals surface area contributed by atoms with Crippen LogP contribution in [0.3, 0.4) is 0 Å². The summed E-state index contributed by atoms with van der Waals surface area (Å²) in [5.74, 6) is 0.710. The molecule has 1 aliphatic rings. The number of hydrogen-bond acceptors (Lipinski definition) is 4. The van der Waals surface area contributed by atoms with Crippen molar-refractivity contribution >= 4 is 11.8 Å². The van der Waals surface area contributed by atoms with Gasteiger partial charge in [-0.3, -0.25) is 9.59 Å². The molecule has 6 nitrogen and oxygen atoms in total. The van der Waals surface area contributed by atoms with Crippen LogP contribution < -0.4 is 5.32 Å². The van der Waals surface area contributed by atoms with Crippen LogP contribution in [0.5, 0.6) is 0 Å². The minimum Gasteiger partial charge on any atom is -0.352 e. The summed E-state index contributed by atoms with van der Waals surface area (Å²) in [5.41, 5.74) is 4.32. The van der Waals surface area contributed by atoms with Crippen molar-refractivity contribution in [2.45, 2.75) is 39.0 Å². The van der Waals surface area contributed by atoms with Gasteiger partial charge in [0.25, 0.3) is 11.8 Å². The van der Waals surface area contributed by atoms with E-state index in [4.69, 9.17) is 0 Å². The average Bonchev–Trinajstić information content (AvgIpc) is 2.84. The molecule has 2 aromatic carbocycles. The number of piperidine rings is 1. The molecule has 33 heavy (non-hydrogen) atoms. The van der Waals surface area contributed by atoms with Crippen molar-refractivity contribution < 1.29 is 9.59 Å². The summed E-state index contributed by atoms with van der Waals surface area (Å²) < 4.78 is 0. The number of carbonyl (C=O) groups excluding carboxylic acids is 2. The van der Waals surface area contributed by atoms with Gasteiger partial charge < -0.3 is 10.2 Å². The normalized spacial score (nSPS) is 14.2. The smallest absolute Gasteiger partial charge is 0.254 e. The summed E-state index contributed by atoms with van der Waals surface area (Å²) in [6, 6.07) is 17.8. The lowest BCUT2D eigenvalue weighted by Gasteiger charge is -2.32. The summed E-state index contributed by atoms with van der Waals surface area (Å²) in [5, 5.41) is 3.02. The summed E-state index contributed by atoms with van der Waals surface area (Å²) in [7, 11) is 0. The van der Waals surface area contributed by atoms with Crippen molar-refractivity contribution in [3.63, 3.8) is 0 Å². The number of likely N-dealkylation sites (tertiary alicyclic amines) is 1. The maximum absolute atomic E-state index is 12.9. The van der Waals surface area contributed by atoms with E-state index >= 15 is 0 Å². The van der Waals surface area contributed by atoms with Crippen molar-refractivity contribution in [3.05, 3.63) is 94.6 Å². The zero-order chi connectivity index (χ0) is 23.2. The van der Waals surface area contributed by atoms with Gasteiger partial charge in [0.2, 0.25) is 0 Å². The fourth-order valence-corrected chi connectivity index (χ4v) is 4.35. The highest BCUT2D eigenvalue weighted by molar-refractivity contribution is 5.95. The molecule has 170 valence electrons. The van der Waals surface area contributed by atoms with E-state index < -0.39 is 0 Å². The topological polar surface area (TPSA) is 75.2 Å². The Hall–Kier alpha value is -3.54. The van der Waals surface area contributed by atoms with Crippen LogP contribution in [-0.4, -0.2) is 46.3 Å². The highest BCUT2D eigenvalue weighted by atomic mass is 16.2. The molecule has 1 saturated heterocycles. The SMILES string of the molecule is Cc1cccc(C(=O)N2CCC(c3nc(C)ncc3C(=O)NCCc3ccccc3)CC2)c1. The molecule has 0 radical (unpaired) electrons. The van der Waals surface area contributed by atoms with Crippen LogP contribution in [-0.2, 0) is 6.42 Å². The van der Waals surface area contributed by atoms with Gasteiger partial charge >= 0.3 is 0 Å². The predicted molar refractivity (Wildman–Crippen MR) is 128 cm³/mol. The van der Waals surface area contributed by atoms with Gasteiger partial charge in [0.15, 0.2) is 0 Å². The molecule has 0 aliphatic carbocycles. The lowest BCUT2D eigenvalue weighted by Crippen LogP contribution is -2.38. The van der Waals surface area contributed by atoms with Gasteiger partial charge in [0.05, 0.1) is 11.3 Å². The van der Waals surface area contributed by atoms with E-state index in [0.29, 0.717) is 31.0 Å². The Morgan fingerprint density at radius 3 is 2.52 bits per heavy atom. The number of aromatic nitrogens is 2. The molecule has 2 amide bonds. The Labute approximate surface area is 195 Å². The van der Waals surface area contributed by atoms with E-state index in [0.717, 1.165) is 36.1 Å². The molecule has 6 heteroatoms. The third-order valence-electron chi connectivity index (χ3n) is 6.16. The molecule has 4 rings (SSSR count). The lowest BCUT2D eigenvalue weighted by atomic mass is 9.90. The van der Waals surface area contributed by atoms with Gasteiger partial charge in [-0.15, -0.1) is 0 Å². The summed E-state index contributed by atoms with van der Waals surface area (Å²) in [6.07, 6.45) is 3.96. The molecular weight excluding hydrogens is 412 g/mol. The van der Waals surface area contributed by atoms with Crippen LogP contribution in [0.2, 0.25) is 0 Å². The van der Waals surface area contributed by atoms with Crippen molar-refractivity contribution in [1.82, 2.24) is 20.2 Å². The summed E-state index contributed by atoms with van der Waals surface area (Å²) in [6.45, 7) is 5.69. The lowest BCUT2D eigenvalue weighted by molar-refractivity contribution is 0.0710. The minimum atomic E-state index is -0.140. The van der Waals surface area contributed by atoms with Crippen molar-refractivity contribution in [2.24, 2.45) is 0 Å². The second-order valence-corrected chi connectivity index (χ2v) is 8.64. The molecule has 1 N–H and O–H groups in total. The molecule has 3 aromatic rings. The largest absolute Gasteiger partial charge is 0.352 e. The number of nitrogens with one attached hydrogen (secondary N) is 1. The standard InChI is InChI=1S/C27H30N4O2/c1-19-7-6-10-23(17-19)27(33)31-15-12-22(13-16-31)25-24(18-29-20(2)30-25)26(32)28-14-11-21-8-4-3-5-9-21/h3-10,17-18,22H,11-16H2,1-2H3,(H,28,32). The molecule has 1 fully saturated rings. The van der Waals surface area contributed by atoms with Crippen molar-refractivity contribution in [3.8, 4) is 0 Å². The van der Waals surface area contributed by atoms with E-state index in [1.807, 2.05) is 61.2 Å². The fourth-order valence-electron chi connectivity index (χ4n) is 4.35. The van der Waals surface area contributed by atoms with Crippen LogP contribution in [0, 0.1) is 13.8 Å². The first kappa shape index (κ1) is 22.6. The van der Waals surface area contributed by atoms with Gasteiger partial charge in [-0.05, 0) is 50.8 Å². The third-order valence-corrected chi connectivity index (χ3v) is 6.16. The average molecular weight is 443 g/mol. The van der Waals surface area contributed by atoms with Crippen molar-refractivity contribution in [2.75, 3.05) is 19.6 Å². The third kappa shape index (κ3) is 5.64. The van der Waals surface area contributed by atoms with Gasteiger partial charge in [-0.25, -0.2) is 9.97 Å². The van der Waals surface area contributed by atoms with E-state index in [2.05, 4.69) is 27.4 Å². The molecule has 2 heterocycles. The molecule has 1 aromatic heterocycles. The Morgan fingerprint density at radius 1 is 1.03 bits per heavy atom. The van der Waals surface area contributed by atoms with Gasteiger partial charge in [0, 0.05) is 37.3 Å². The fraction of sp³-hybridized carbons (Fsp3) is 0.333. The number of hydrogen-bond donors (Lipinski definition) is 1. The molecule has 0 spiro atoms. The van der Waals surface area contributed by atoms with Gasteiger partial charge in [-0.1, -0.05) is 48.0 Å². The molecule has 0 unspecified atom stereocenters. The second-order valence-electron chi connectivity index (χ2n) is 8.64. The first-order chi connectivity index (χ1) is 16.0. The zero-order valence-corrected chi connectivity index (χ0v) is 19.3. The minimum absolute atomic E-state index is 0.0647. The Balaban J connectivity index is 1.40. The first-order valence-electron chi connectivity index (χ1n) is 11.5. The van der Waals surface area contributed by atoms with Crippen LogP contribution in [0.4, 0.5) is 0 Å². The number of benzene rings is 2. The van der Waals surface area contributed by atoms with E-state index in [1.165, 1.54) is 5.56 Å². The maximum atomic E-state index is 12.9. The molecule has 0 saturated carbocycles. The molecular formula is C27H30N4O2. The van der Waals surface area contributed by atoms with Crippen LogP contribution in [0.25, 0.3) is 0 Å². The van der Waals surface area contributed by atoms with E-state index in [-0.39, 0.29) is 17.7 Å². The van der Waals surface area contributed by atoms with E-state index in [1.54, 1.807) is 6.20 Å². The number of nitrogens with zero attached hydrogens (tertiary/aromatic N) is 3. The Kier molecular flexibility index (Phi) is 7.13. The first-order valence-corrected chi connectivity index (χ1v) is 11.5. The highest BCUT2D eigenvalue weighted by Gasteiger charge is 2.28. The summed E-state index contributed by atoms with van der Waals surface area (Å²) in [4.78, 5) is 36.7. The molecule has 1 aliphatic heterocycles. The zero-order valence-electron chi connectivity index (χ0n) is 19.3. The second kappa shape index (κ2) is 10.4.